The average Bonchev–Trinajstić information content (AvgIpc) is 3.38. The SMILES string of the molecule is C=C/C=C\c1c(C)sc2c(-c3ccc(-c4ccc5nc(-c6ccccc6)c(-c6ccccc6)nc5c4)cc3)cccc12. The number of thiophene rings is 1. The van der Waals surface area contributed by atoms with Gasteiger partial charge >= 0.3 is 0 Å². The van der Waals surface area contributed by atoms with Gasteiger partial charge in [0.25, 0.3) is 0 Å². The van der Waals surface area contributed by atoms with Crippen molar-refractivity contribution in [2.24, 2.45) is 0 Å². The third-order valence-electron chi connectivity index (χ3n) is 7.63. The minimum absolute atomic E-state index is 0.883. The molecule has 0 aliphatic carbocycles. The van der Waals surface area contributed by atoms with Gasteiger partial charge in [0.15, 0.2) is 0 Å². The van der Waals surface area contributed by atoms with E-state index in [1.807, 2.05) is 59.9 Å². The largest absolute Gasteiger partial charge is 0.244 e. The van der Waals surface area contributed by atoms with Crippen LogP contribution in [0.15, 0.2) is 140 Å². The molecular weight excluding hydrogens is 529 g/mol. The Kier molecular flexibility index (Phi) is 6.79. The Hall–Kier alpha value is -5.12. The van der Waals surface area contributed by atoms with Crippen LogP contribution in [-0.4, -0.2) is 9.97 Å². The third-order valence-corrected chi connectivity index (χ3v) is 8.80. The van der Waals surface area contributed by atoms with E-state index in [2.05, 4.69) is 105 Å². The second kappa shape index (κ2) is 11.0. The van der Waals surface area contributed by atoms with Crippen LogP contribution in [0.2, 0.25) is 0 Å². The summed E-state index contributed by atoms with van der Waals surface area (Å²) in [7, 11) is 0. The maximum atomic E-state index is 5.17. The molecule has 0 unspecified atom stereocenters. The molecule has 2 heterocycles. The lowest BCUT2D eigenvalue weighted by molar-refractivity contribution is 1.29. The van der Waals surface area contributed by atoms with E-state index in [4.69, 9.17) is 9.97 Å². The topological polar surface area (TPSA) is 25.8 Å². The van der Waals surface area contributed by atoms with Crippen molar-refractivity contribution in [1.82, 2.24) is 9.97 Å². The van der Waals surface area contributed by atoms with Gasteiger partial charge < -0.3 is 0 Å². The molecule has 0 amide bonds. The monoisotopic (exact) mass is 556 g/mol. The van der Waals surface area contributed by atoms with Crippen LogP contribution in [0.4, 0.5) is 0 Å². The fourth-order valence-electron chi connectivity index (χ4n) is 5.53. The van der Waals surface area contributed by atoms with Crippen LogP contribution in [0.5, 0.6) is 0 Å². The Bertz CT molecular complexity index is 2090. The summed E-state index contributed by atoms with van der Waals surface area (Å²) < 4.78 is 1.31. The Morgan fingerprint density at radius 2 is 1.21 bits per heavy atom. The summed E-state index contributed by atoms with van der Waals surface area (Å²) in [6.07, 6.45) is 5.99. The molecule has 3 heteroatoms. The normalized spacial score (nSPS) is 11.5. The standard InChI is InChI=1S/C39H28N2S/c1-3-4-16-32-26(2)42-39-33(17-11-18-34(32)39)28-21-19-27(20-22-28)31-23-24-35-36(25-31)41-38(30-14-9-6-10-15-30)37(40-35)29-12-7-5-8-13-29/h3-25H,1H2,2H3/b16-4-. The number of hydrogen-bond donors (Lipinski definition) is 0. The molecule has 5 aromatic carbocycles. The molecule has 2 aromatic heterocycles. The van der Waals surface area contributed by atoms with Crippen molar-refractivity contribution in [3.63, 3.8) is 0 Å². The highest BCUT2D eigenvalue weighted by atomic mass is 32.1. The first kappa shape index (κ1) is 25.8. The van der Waals surface area contributed by atoms with Crippen molar-refractivity contribution in [3.8, 4) is 44.8 Å². The van der Waals surface area contributed by atoms with Crippen molar-refractivity contribution < 1.29 is 0 Å². The van der Waals surface area contributed by atoms with Crippen molar-refractivity contribution >= 4 is 38.5 Å². The predicted octanol–water partition coefficient (Wildman–Crippen LogP) is 11.0. The van der Waals surface area contributed by atoms with E-state index in [9.17, 15) is 0 Å². The number of hydrogen-bond acceptors (Lipinski definition) is 3. The zero-order valence-corrected chi connectivity index (χ0v) is 24.1. The van der Waals surface area contributed by atoms with E-state index in [1.165, 1.54) is 31.7 Å². The fourth-order valence-corrected chi connectivity index (χ4v) is 6.70. The summed E-state index contributed by atoms with van der Waals surface area (Å²) in [6, 6.07) is 42.4. The molecule has 200 valence electrons. The minimum atomic E-state index is 0.883. The molecule has 0 bridgehead atoms. The maximum Gasteiger partial charge on any atom is 0.0973 e. The quantitative estimate of drug-likeness (QED) is 0.190. The second-order valence-corrected chi connectivity index (χ2v) is 11.5. The Morgan fingerprint density at radius 1 is 0.595 bits per heavy atom. The van der Waals surface area contributed by atoms with Crippen LogP contribution in [0.3, 0.4) is 0 Å². The molecule has 0 aliphatic heterocycles. The molecule has 0 saturated heterocycles. The number of aromatic nitrogens is 2. The molecule has 7 rings (SSSR count). The number of rotatable bonds is 6. The molecule has 0 fully saturated rings. The number of aryl methyl sites for hydroxylation is 1. The van der Waals surface area contributed by atoms with E-state index in [1.54, 1.807) is 0 Å². The molecule has 0 radical (unpaired) electrons. The van der Waals surface area contributed by atoms with Crippen LogP contribution >= 0.6 is 11.3 Å². The first-order valence-electron chi connectivity index (χ1n) is 14.0. The Balaban J connectivity index is 1.28. The lowest BCUT2D eigenvalue weighted by Gasteiger charge is -2.12. The summed E-state index contributed by atoms with van der Waals surface area (Å²) in [5, 5.41) is 1.29. The van der Waals surface area contributed by atoms with Gasteiger partial charge in [-0.3, -0.25) is 0 Å². The van der Waals surface area contributed by atoms with Crippen LogP contribution < -0.4 is 0 Å². The molecule has 0 atom stereocenters. The van der Waals surface area contributed by atoms with Crippen molar-refractivity contribution in [2.75, 3.05) is 0 Å². The van der Waals surface area contributed by atoms with E-state index < -0.39 is 0 Å². The Morgan fingerprint density at radius 3 is 1.88 bits per heavy atom. The van der Waals surface area contributed by atoms with E-state index in [0.29, 0.717) is 0 Å². The number of allylic oxidation sites excluding steroid dienone is 2. The summed E-state index contributed by atoms with van der Waals surface area (Å²) >= 11 is 1.85. The van der Waals surface area contributed by atoms with Gasteiger partial charge in [-0.05, 0) is 46.9 Å². The van der Waals surface area contributed by atoms with Crippen molar-refractivity contribution in [3.05, 3.63) is 150 Å². The smallest absolute Gasteiger partial charge is 0.0973 e. The Labute approximate surface area is 250 Å². The summed E-state index contributed by atoms with van der Waals surface area (Å²) in [6.45, 7) is 6.02. The van der Waals surface area contributed by atoms with Gasteiger partial charge in [0.2, 0.25) is 0 Å². The van der Waals surface area contributed by atoms with Crippen LogP contribution in [-0.2, 0) is 0 Å². The van der Waals surface area contributed by atoms with Crippen LogP contribution in [0, 0.1) is 6.92 Å². The lowest BCUT2D eigenvalue weighted by atomic mass is 9.98. The molecule has 0 aliphatic rings. The van der Waals surface area contributed by atoms with Gasteiger partial charge in [-0.25, -0.2) is 9.97 Å². The maximum absolute atomic E-state index is 5.17. The van der Waals surface area contributed by atoms with Crippen LogP contribution in [0.1, 0.15) is 10.4 Å². The van der Waals surface area contributed by atoms with Crippen molar-refractivity contribution in [2.45, 2.75) is 6.92 Å². The summed E-state index contributed by atoms with van der Waals surface area (Å²) in [4.78, 5) is 11.6. The second-order valence-electron chi connectivity index (χ2n) is 10.3. The number of nitrogens with zero attached hydrogens (tertiary/aromatic N) is 2. The molecule has 2 nitrogen and oxygen atoms in total. The van der Waals surface area contributed by atoms with Crippen molar-refractivity contribution in [1.29, 1.82) is 0 Å². The number of benzene rings is 5. The van der Waals surface area contributed by atoms with Gasteiger partial charge in [-0.15, -0.1) is 11.3 Å². The average molecular weight is 557 g/mol. The molecule has 7 aromatic rings. The molecule has 42 heavy (non-hydrogen) atoms. The highest BCUT2D eigenvalue weighted by Gasteiger charge is 2.15. The first-order valence-corrected chi connectivity index (χ1v) is 14.9. The van der Waals surface area contributed by atoms with E-state index in [0.717, 1.165) is 44.7 Å². The minimum Gasteiger partial charge on any atom is -0.244 e. The fraction of sp³-hybridized carbons (Fsp3) is 0.0256. The molecule has 0 spiro atoms. The lowest BCUT2D eigenvalue weighted by Crippen LogP contribution is -1.95. The molecule has 0 N–H and O–H groups in total. The number of fused-ring (bicyclic) bond motifs is 2. The highest BCUT2D eigenvalue weighted by molar-refractivity contribution is 7.20. The van der Waals surface area contributed by atoms with Gasteiger partial charge in [0, 0.05) is 26.1 Å². The van der Waals surface area contributed by atoms with Gasteiger partial charge in [-0.1, -0.05) is 134 Å². The zero-order valence-electron chi connectivity index (χ0n) is 23.3. The zero-order chi connectivity index (χ0) is 28.5. The predicted molar refractivity (Wildman–Crippen MR) is 181 cm³/mol. The third kappa shape index (κ3) is 4.74. The molecular formula is C39H28N2S. The first-order chi connectivity index (χ1) is 20.7. The van der Waals surface area contributed by atoms with E-state index >= 15 is 0 Å². The molecule has 0 saturated carbocycles. The van der Waals surface area contributed by atoms with Crippen LogP contribution in [0.25, 0.3) is 72.0 Å². The highest BCUT2D eigenvalue weighted by Crippen LogP contribution is 2.39. The van der Waals surface area contributed by atoms with E-state index in [-0.39, 0.29) is 0 Å². The van der Waals surface area contributed by atoms with Gasteiger partial charge in [0.05, 0.1) is 22.4 Å². The summed E-state index contributed by atoms with van der Waals surface area (Å²) in [5.74, 6) is 0. The summed E-state index contributed by atoms with van der Waals surface area (Å²) in [5.41, 5.74) is 11.7. The van der Waals surface area contributed by atoms with Gasteiger partial charge in [-0.2, -0.15) is 0 Å². The van der Waals surface area contributed by atoms with Gasteiger partial charge in [0.1, 0.15) is 0 Å².